The molecule has 0 aliphatic carbocycles. The van der Waals surface area contributed by atoms with Crippen LogP contribution in [0, 0.1) is 0 Å². The Morgan fingerprint density at radius 1 is 1.08 bits per heavy atom. The lowest BCUT2D eigenvalue weighted by Gasteiger charge is -2.34. The first-order valence-electron chi connectivity index (χ1n) is 8.27. The maximum absolute atomic E-state index is 12.5. The van der Waals surface area contributed by atoms with Gasteiger partial charge in [-0.2, -0.15) is 0 Å². The van der Waals surface area contributed by atoms with Crippen LogP contribution in [0.3, 0.4) is 0 Å². The van der Waals surface area contributed by atoms with Gasteiger partial charge in [0.15, 0.2) is 0 Å². The molecule has 2 aromatic rings. The third kappa shape index (κ3) is 4.01. The van der Waals surface area contributed by atoms with Crippen LogP contribution in [0.15, 0.2) is 42.7 Å². The van der Waals surface area contributed by atoms with Gasteiger partial charge in [-0.25, -0.2) is 9.97 Å². The molecule has 1 aliphatic rings. The summed E-state index contributed by atoms with van der Waals surface area (Å²) >= 11 is 0. The average Bonchev–Trinajstić information content (AvgIpc) is 2.64. The molecule has 0 spiro atoms. The van der Waals surface area contributed by atoms with E-state index in [-0.39, 0.29) is 5.91 Å². The molecule has 24 heavy (non-hydrogen) atoms. The number of carbonyl (C=O) groups excluding carboxylic acids is 1. The second-order valence-electron chi connectivity index (χ2n) is 5.67. The molecule has 0 unspecified atom stereocenters. The number of piperazine rings is 1. The van der Waals surface area contributed by atoms with Crippen molar-refractivity contribution >= 4 is 11.9 Å². The van der Waals surface area contributed by atoms with Crippen LogP contribution < -0.4 is 9.64 Å². The topological polar surface area (TPSA) is 58.6 Å². The van der Waals surface area contributed by atoms with Crippen LogP contribution in [-0.2, 0) is 11.2 Å². The molecule has 1 aromatic heterocycles. The Morgan fingerprint density at radius 2 is 1.75 bits per heavy atom. The van der Waals surface area contributed by atoms with Gasteiger partial charge in [0, 0.05) is 38.6 Å². The van der Waals surface area contributed by atoms with Crippen LogP contribution in [0.2, 0.25) is 0 Å². The summed E-state index contributed by atoms with van der Waals surface area (Å²) in [6.45, 7) is 5.53. The molecule has 2 heterocycles. The number of hydrogen-bond acceptors (Lipinski definition) is 5. The van der Waals surface area contributed by atoms with E-state index in [2.05, 4.69) is 14.9 Å². The van der Waals surface area contributed by atoms with Crippen molar-refractivity contribution in [1.29, 1.82) is 0 Å². The predicted octanol–water partition coefficient (Wildman–Crippen LogP) is 1.77. The van der Waals surface area contributed by atoms with Gasteiger partial charge in [0.1, 0.15) is 5.75 Å². The van der Waals surface area contributed by atoms with Crippen molar-refractivity contribution in [3.8, 4) is 5.75 Å². The quantitative estimate of drug-likeness (QED) is 0.838. The van der Waals surface area contributed by atoms with Crippen molar-refractivity contribution in [2.24, 2.45) is 0 Å². The summed E-state index contributed by atoms with van der Waals surface area (Å²) in [6.07, 6.45) is 3.91. The van der Waals surface area contributed by atoms with E-state index in [1.807, 2.05) is 36.1 Å². The fraction of sp³-hybridized carbons (Fsp3) is 0.389. The molecule has 0 bridgehead atoms. The Bertz CT molecular complexity index is 652. The van der Waals surface area contributed by atoms with E-state index in [0.29, 0.717) is 26.1 Å². The highest BCUT2D eigenvalue weighted by atomic mass is 16.5. The lowest BCUT2D eigenvalue weighted by atomic mass is 10.1. The molecule has 6 heteroatoms. The van der Waals surface area contributed by atoms with E-state index in [1.54, 1.807) is 18.5 Å². The van der Waals surface area contributed by atoms with Gasteiger partial charge in [-0.05, 0) is 30.7 Å². The van der Waals surface area contributed by atoms with E-state index in [0.717, 1.165) is 30.4 Å². The highest BCUT2D eigenvalue weighted by Crippen LogP contribution is 2.14. The number of aromatic nitrogens is 2. The molecule has 1 aromatic carbocycles. The second-order valence-corrected chi connectivity index (χ2v) is 5.67. The van der Waals surface area contributed by atoms with Gasteiger partial charge in [-0.15, -0.1) is 0 Å². The second kappa shape index (κ2) is 7.77. The number of rotatable bonds is 5. The van der Waals surface area contributed by atoms with Gasteiger partial charge in [-0.3, -0.25) is 4.79 Å². The molecule has 0 N–H and O–H groups in total. The van der Waals surface area contributed by atoms with Crippen molar-refractivity contribution in [3.63, 3.8) is 0 Å². The van der Waals surface area contributed by atoms with E-state index in [1.165, 1.54) is 0 Å². The largest absolute Gasteiger partial charge is 0.494 e. The molecule has 0 saturated carbocycles. The summed E-state index contributed by atoms with van der Waals surface area (Å²) in [5.74, 6) is 1.73. The van der Waals surface area contributed by atoms with Crippen LogP contribution in [0.1, 0.15) is 12.5 Å². The number of ether oxygens (including phenoxy) is 1. The molecule has 1 amide bonds. The zero-order valence-electron chi connectivity index (χ0n) is 13.9. The van der Waals surface area contributed by atoms with Crippen LogP contribution in [0.25, 0.3) is 0 Å². The summed E-state index contributed by atoms with van der Waals surface area (Å²) in [5.41, 5.74) is 1.01. The number of nitrogens with zero attached hydrogens (tertiary/aromatic N) is 4. The zero-order valence-corrected chi connectivity index (χ0v) is 13.9. The summed E-state index contributed by atoms with van der Waals surface area (Å²) in [4.78, 5) is 25.0. The first-order chi connectivity index (χ1) is 11.8. The van der Waals surface area contributed by atoms with Crippen LogP contribution in [0.5, 0.6) is 5.75 Å². The molecule has 1 saturated heterocycles. The molecular weight excluding hydrogens is 304 g/mol. The molecule has 1 aliphatic heterocycles. The van der Waals surface area contributed by atoms with Gasteiger partial charge in [0.2, 0.25) is 11.9 Å². The summed E-state index contributed by atoms with van der Waals surface area (Å²) in [5, 5.41) is 0. The summed E-state index contributed by atoms with van der Waals surface area (Å²) in [7, 11) is 0. The van der Waals surface area contributed by atoms with Crippen molar-refractivity contribution < 1.29 is 9.53 Å². The third-order valence-electron chi connectivity index (χ3n) is 4.06. The van der Waals surface area contributed by atoms with Gasteiger partial charge < -0.3 is 14.5 Å². The molecule has 3 rings (SSSR count). The minimum atomic E-state index is 0.160. The van der Waals surface area contributed by atoms with Gasteiger partial charge >= 0.3 is 0 Å². The highest BCUT2D eigenvalue weighted by Gasteiger charge is 2.22. The minimum absolute atomic E-state index is 0.160. The Hall–Kier alpha value is -2.63. The first kappa shape index (κ1) is 16.2. The maximum atomic E-state index is 12.5. The Morgan fingerprint density at radius 3 is 2.38 bits per heavy atom. The van der Waals surface area contributed by atoms with E-state index >= 15 is 0 Å². The molecule has 126 valence electrons. The standard InChI is InChI=1S/C18H22N4O2/c1-2-24-16-6-4-15(5-7-16)14-17(23)21-10-12-22(13-11-21)18-19-8-3-9-20-18/h3-9H,2,10-14H2,1H3. The molecule has 6 nitrogen and oxygen atoms in total. The number of amides is 1. The maximum Gasteiger partial charge on any atom is 0.227 e. The lowest BCUT2D eigenvalue weighted by molar-refractivity contribution is -0.130. The number of carbonyl (C=O) groups is 1. The lowest BCUT2D eigenvalue weighted by Crippen LogP contribution is -2.49. The molecule has 0 radical (unpaired) electrons. The van der Waals surface area contributed by atoms with Crippen LogP contribution >= 0.6 is 0 Å². The number of benzene rings is 1. The third-order valence-corrected chi connectivity index (χ3v) is 4.06. The molecular formula is C18H22N4O2. The Kier molecular flexibility index (Phi) is 5.25. The minimum Gasteiger partial charge on any atom is -0.494 e. The molecule has 0 atom stereocenters. The summed E-state index contributed by atoms with van der Waals surface area (Å²) < 4.78 is 5.42. The van der Waals surface area contributed by atoms with Gasteiger partial charge in [-0.1, -0.05) is 12.1 Å². The van der Waals surface area contributed by atoms with E-state index < -0.39 is 0 Å². The smallest absolute Gasteiger partial charge is 0.227 e. The van der Waals surface area contributed by atoms with Crippen molar-refractivity contribution in [2.45, 2.75) is 13.3 Å². The number of anilines is 1. The molecule has 1 fully saturated rings. The van der Waals surface area contributed by atoms with Crippen molar-refractivity contribution in [1.82, 2.24) is 14.9 Å². The van der Waals surface area contributed by atoms with Crippen LogP contribution in [-0.4, -0.2) is 53.6 Å². The average molecular weight is 326 g/mol. The summed E-state index contributed by atoms with van der Waals surface area (Å²) in [6, 6.07) is 9.54. The predicted molar refractivity (Wildman–Crippen MR) is 92.1 cm³/mol. The van der Waals surface area contributed by atoms with Crippen LogP contribution in [0.4, 0.5) is 5.95 Å². The van der Waals surface area contributed by atoms with Crippen molar-refractivity contribution in [3.05, 3.63) is 48.3 Å². The Balaban J connectivity index is 1.51. The van der Waals surface area contributed by atoms with Gasteiger partial charge in [0.25, 0.3) is 0 Å². The zero-order chi connectivity index (χ0) is 16.8. The fourth-order valence-electron chi connectivity index (χ4n) is 2.77. The normalized spacial score (nSPS) is 14.5. The van der Waals surface area contributed by atoms with Gasteiger partial charge in [0.05, 0.1) is 13.0 Å². The first-order valence-corrected chi connectivity index (χ1v) is 8.27. The number of hydrogen-bond donors (Lipinski definition) is 0. The SMILES string of the molecule is CCOc1ccc(CC(=O)N2CCN(c3ncccn3)CC2)cc1. The monoisotopic (exact) mass is 326 g/mol. The van der Waals surface area contributed by atoms with Crippen molar-refractivity contribution in [2.75, 3.05) is 37.7 Å². The Labute approximate surface area is 142 Å². The fourth-order valence-corrected chi connectivity index (χ4v) is 2.77. The highest BCUT2D eigenvalue weighted by molar-refractivity contribution is 5.79. The van der Waals surface area contributed by atoms with E-state index in [4.69, 9.17) is 4.74 Å². The van der Waals surface area contributed by atoms with E-state index in [9.17, 15) is 4.79 Å².